The summed E-state index contributed by atoms with van der Waals surface area (Å²) in [5, 5.41) is 4.17. The first kappa shape index (κ1) is 18.0. The second-order valence-electron chi connectivity index (χ2n) is 7.20. The highest BCUT2D eigenvalue weighted by atomic mass is 16.6. The van der Waals surface area contributed by atoms with Gasteiger partial charge in [-0.25, -0.2) is 9.78 Å². The summed E-state index contributed by atoms with van der Waals surface area (Å²) in [6.07, 6.45) is 1.68. The molecule has 3 aromatic rings. The van der Waals surface area contributed by atoms with Gasteiger partial charge < -0.3 is 14.3 Å². The smallest absolute Gasteiger partial charge is 0.332 e. The van der Waals surface area contributed by atoms with Gasteiger partial charge in [0.1, 0.15) is 0 Å². The molecule has 0 saturated heterocycles. The van der Waals surface area contributed by atoms with Crippen molar-refractivity contribution in [1.82, 2.24) is 18.7 Å². The number of rotatable bonds is 4. The number of nitrogens with zero attached hydrogens (tertiary/aromatic N) is 6. The lowest BCUT2D eigenvalue weighted by molar-refractivity contribution is 0.0706. The van der Waals surface area contributed by atoms with Gasteiger partial charge >= 0.3 is 5.69 Å². The van der Waals surface area contributed by atoms with Gasteiger partial charge in [0.15, 0.2) is 17.3 Å². The molecule has 1 aromatic carbocycles. The molecule has 28 heavy (non-hydrogen) atoms. The number of aryl methyl sites for hydroxylation is 2. The van der Waals surface area contributed by atoms with E-state index in [0.29, 0.717) is 17.6 Å². The highest BCUT2D eigenvalue weighted by Gasteiger charge is 2.25. The average molecular weight is 382 g/mol. The van der Waals surface area contributed by atoms with E-state index in [4.69, 9.17) is 4.84 Å². The topological polar surface area (TPSA) is 86.7 Å². The van der Waals surface area contributed by atoms with Crippen molar-refractivity contribution in [1.29, 1.82) is 0 Å². The maximum Gasteiger partial charge on any atom is 0.332 e. The molecule has 0 radical (unpaired) electrons. The van der Waals surface area contributed by atoms with Crippen LogP contribution >= 0.6 is 0 Å². The van der Waals surface area contributed by atoms with Gasteiger partial charge in [0, 0.05) is 40.3 Å². The van der Waals surface area contributed by atoms with Crippen LogP contribution in [0.1, 0.15) is 12.0 Å². The molecule has 9 nitrogen and oxygen atoms in total. The molecule has 0 saturated carbocycles. The largest absolute Gasteiger partial charge is 0.390 e. The lowest BCUT2D eigenvalue weighted by Gasteiger charge is -2.13. The van der Waals surface area contributed by atoms with Crippen LogP contribution in [0.5, 0.6) is 0 Å². The van der Waals surface area contributed by atoms with Crippen molar-refractivity contribution >= 4 is 22.6 Å². The molecular weight excluding hydrogens is 360 g/mol. The van der Waals surface area contributed by atoms with Gasteiger partial charge in [-0.1, -0.05) is 17.3 Å². The number of oxime groups is 1. The molecule has 0 amide bonds. The first-order valence-corrected chi connectivity index (χ1v) is 8.98. The molecule has 1 aliphatic heterocycles. The SMILES string of the molecule is CN(C)c1ccc(C2=NO[C@H](Cn3c(=O)c4c(ncn4C)n(C)c3=O)C2)cc1. The van der Waals surface area contributed by atoms with Gasteiger partial charge in [-0.05, 0) is 17.7 Å². The molecule has 4 rings (SSSR count). The Balaban J connectivity index is 1.58. The minimum Gasteiger partial charge on any atom is -0.390 e. The van der Waals surface area contributed by atoms with Crippen LogP contribution in [0, 0.1) is 0 Å². The van der Waals surface area contributed by atoms with Crippen molar-refractivity contribution in [3.05, 3.63) is 57.0 Å². The van der Waals surface area contributed by atoms with Crippen LogP contribution in [-0.4, -0.2) is 44.6 Å². The van der Waals surface area contributed by atoms with Crippen molar-refractivity contribution < 1.29 is 4.84 Å². The van der Waals surface area contributed by atoms with Gasteiger partial charge in [-0.2, -0.15) is 0 Å². The first-order valence-electron chi connectivity index (χ1n) is 8.98. The van der Waals surface area contributed by atoms with Gasteiger partial charge in [0.05, 0.1) is 18.6 Å². The third kappa shape index (κ3) is 2.88. The Morgan fingerprint density at radius 2 is 1.89 bits per heavy atom. The van der Waals surface area contributed by atoms with E-state index in [-0.39, 0.29) is 18.2 Å². The zero-order valence-corrected chi connectivity index (χ0v) is 16.3. The van der Waals surface area contributed by atoms with Crippen molar-refractivity contribution in [3.63, 3.8) is 0 Å². The van der Waals surface area contributed by atoms with Gasteiger partial charge in [0.2, 0.25) is 0 Å². The van der Waals surface area contributed by atoms with Crippen LogP contribution in [0.25, 0.3) is 11.2 Å². The Morgan fingerprint density at radius 1 is 1.18 bits per heavy atom. The van der Waals surface area contributed by atoms with E-state index in [9.17, 15) is 9.59 Å². The minimum absolute atomic E-state index is 0.134. The lowest BCUT2D eigenvalue weighted by Crippen LogP contribution is -2.42. The fourth-order valence-electron chi connectivity index (χ4n) is 3.41. The molecule has 0 fully saturated rings. The summed E-state index contributed by atoms with van der Waals surface area (Å²) >= 11 is 0. The van der Waals surface area contributed by atoms with Crippen LogP contribution in [0.2, 0.25) is 0 Å². The van der Waals surface area contributed by atoms with E-state index in [1.54, 1.807) is 18.7 Å². The van der Waals surface area contributed by atoms with E-state index in [2.05, 4.69) is 10.1 Å². The fourth-order valence-corrected chi connectivity index (χ4v) is 3.41. The monoisotopic (exact) mass is 382 g/mol. The molecule has 0 unspecified atom stereocenters. The number of imidazole rings is 1. The van der Waals surface area contributed by atoms with E-state index in [1.165, 1.54) is 15.5 Å². The second kappa shape index (κ2) is 6.66. The zero-order chi connectivity index (χ0) is 20.0. The predicted molar refractivity (Wildman–Crippen MR) is 107 cm³/mol. The van der Waals surface area contributed by atoms with E-state index in [0.717, 1.165) is 17.0 Å². The first-order chi connectivity index (χ1) is 13.4. The number of hydrogen-bond donors (Lipinski definition) is 0. The van der Waals surface area contributed by atoms with E-state index < -0.39 is 5.69 Å². The standard InChI is InChI=1S/C19H22N6O3/c1-22(2)13-7-5-12(6-8-13)15-9-14(28-21-15)10-25-18(26)16-17(20-11-23(16)3)24(4)19(25)27/h5-8,11,14H,9-10H2,1-4H3/t14-/m0/s1. The van der Waals surface area contributed by atoms with Gasteiger partial charge in [0.25, 0.3) is 5.56 Å². The Kier molecular flexibility index (Phi) is 4.29. The summed E-state index contributed by atoms with van der Waals surface area (Å²) < 4.78 is 4.20. The number of aromatic nitrogens is 4. The molecule has 0 aliphatic carbocycles. The van der Waals surface area contributed by atoms with Crippen LogP contribution in [0.15, 0.2) is 45.3 Å². The molecule has 1 aliphatic rings. The number of anilines is 1. The fraction of sp³-hybridized carbons (Fsp3) is 0.368. The lowest BCUT2D eigenvalue weighted by atomic mass is 10.0. The van der Waals surface area contributed by atoms with Crippen LogP contribution in [-0.2, 0) is 25.5 Å². The van der Waals surface area contributed by atoms with Crippen molar-refractivity contribution in [3.8, 4) is 0 Å². The average Bonchev–Trinajstić information content (AvgIpc) is 3.30. The van der Waals surface area contributed by atoms with E-state index >= 15 is 0 Å². The van der Waals surface area contributed by atoms with Gasteiger partial charge in [-0.15, -0.1) is 0 Å². The highest BCUT2D eigenvalue weighted by molar-refractivity contribution is 6.01. The van der Waals surface area contributed by atoms with Crippen LogP contribution in [0.4, 0.5) is 5.69 Å². The summed E-state index contributed by atoms with van der Waals surface area (Å²) in [4.78, 5) is 37.1. The van der Waals surface area contributed by atoms with Gasteiger partial charge in [-0.3, -0.25) is 13.9 Å². The second-order valence-corrected chi connectivity index (χ2v) is 7.20. The molecule has 146 valence electrons. The number of hydrogen-bond acceptors (Lipinski definition) is 6. The normalized spacial score (nSPS) is 16.3. The van der Waals surface area contributed by atoms with Crippen LogP contribution < -0.4 is 16.1 Å². The quantitative estimate of drug-likeness (QED) is 0.663. The predicted octanol–water partition coefficient (Wildman–Crippen LogP) is 0.693. The molecule has 0 spiro atoms. The molecule has 1 atom stereocenters. The Hall–Kier alpha value is -3.36. The minimum atomic E-state index is -0.413. The zero-order valence-electron chi connectivity index (χ0n) is 16.3. The Labute approximate surface area is 161 Å². The molecular formula is C19H22N6O3. The number of benzene rings is 1. The molecule has 9 heteroatoms. The third-order valence-corrected chi connectivity index (χ3v) is 5.04. The van der Waals surface area contributed by atoms with Crippen molar-refractivity contribution in [2.45, 2.75) is 19.1 Å². The molecule has 3 heterocycles. The van der Waals surface area contributed by atoms with E-state index in [1.807, 2.05) is 43.3 Å². The Morgan fingerprint density at radius 3 is 2.57 bits per heavy atom. The summed E-state index contributed by atoms with van der Waals surface area (Å²) in [6, 6.07) is 8.02. The molecule has 0 bridgehead atoms. The molecule has 0 N–H and O–H groups in total. The summed E-state index contributed by atoms with van der Waals surface area (Å²) in [6.45, 7) is 0.134. The summed E-state index contributed by atoms with van der Waals surface area (Å²) in [5.74, 6) is 0. The van der Waals surface area contributed by atoms with Crippen molar-refractivity contribution in [2.75, 3.05) is 19.0 Å². The maximum atomic E-state index is 12.8. The highest BCUT2D eigenvalue weighted by Crippen LogP contribution is 2.20. The maximum absolute atomic E-state index is 12.8. The Bertz CT molecular complexity index is 1180. The number of fused-ring (bicyclic) bond motifs is 1. The third-order valence-electron chi connectivity index (χ3n) is 5.04. The van der Waals surface area contributed by atoms with Crippen LogP contribution in [0.3, 0.4) is 0 Å². The summed E-state index contributed by atoms with van der Waals surface area (Å²) in [5.41, 5.74) is 2.85. The summed E-state index contributed by atoms with van der Waals surface area (Å²) in [7, 11) is 7.31. The molecule has 2 aromatic heterocycles. The van der Waals surface area contributed by atoms with Crippen molar-refractivity contribution in [2.24, 2.45) is 19.3 Å².